The molecule has 1 aromatic heterocycles. The van der Waals surface area contributed by atoms with E-state index in [0.717, 1.165) is 30.6 Å². The molecule has 98 valence electrons. The Kier molecular flexibility index (Phi) is 3.97. The zero-order valence-electron chi connectivity index (χ0n) is 11.0. The number of aromatic nitrogens is 1. The summed E-state index contributed by atoms with van der Waals surface area (Å²) in [5, 5.41) is 3.11. The number of pyridine rings is 1. The van der Waals surface area contributed by atoms with Gasteiger partial charge in [-0.15, -0.1) is 0 Å². The fourth-order valence-corrected chi connectivity index (χ4v) is 2.62. The van der Waals surface area contributed by atoms with Crippen LogP contribution in [0, 0.1) is 5.92 Å². The summed E-state index contributed by atoms with van der Waals surface area (Å²) in [6, 6.07) is 3.21. The van der Waals surface area contributed by atoms with Crippen LogP contribution in [0.2, 0.25) is 0 Å². The van der Waals surface area contributed by atoms with Gasteiger partial charge in [-0.2, -0.15) is 0 Å². The van der Waals surface area contributed by atoms with Crippen molar-refractivity contribution >= 4 is 5.78 Å². The molecule has 1 unspecified atom stereocenters. The van der Waals surface area contributed by atoms with Gasteiger partial charge in [0.05, 0.1) is 0 Å². The zero-order chi connectivity index (χ0) is 13.1. The molecule has 1 heterocycles. The maximum atomic E-state index is 12.0. The Morgan fingerprint density at radius 1 is 1.33 bits per heavy atom. The number of fused-ring (bicyclic) bond motifs is 1. The Morgan fingerprint density at radius 3 is 2.83 bits per heavy atom. The van der Waals surface area contributed by atoms with Crippen molar-refractivity contribution in [3.8, 4) is 0 Å². The van der Waals surface area contributed by atoms with Gasteiger partial charge < -0.3 is 9.88 Å². The molecule has 0 fully saturated rings. The lowest BCUT2D eigenvalue weighted by Crippen LogP contribution is -2.32. The summed E-state index contributed by atoms with van der Waals surface area (Å²) in [5.74, 6) is 0.544. The average Bonchev–Trinajstić information content (AvgIpc) is 2.33. The predicted octanol–water partition coefficient (Wildman–Crippen LogP) is 1.22. The van der Waals surface area contributed by atoms with Crippen molar-refractivity contribution in [2.75, 3.05) is 13.6 Å². The predicted molar refractivity (Wildman–Crippen MR) is 71.1 cm³/mol. The lowest BCUT2D eigenvalue weighted by molar-refractivity contribution is 0.0970. The highest BCUT2D eigenvalue weighted by molar-refractivity contribution is 5.97. The summed E-state index contributed by atoms with van der Waals surface area (Å²) in [6.07, 6.45) is 2.30. The molecule has 0 radical (unpaired) electrons. The maximum absolute atomic E-state index is 12.0. The van der Waals surface area contributed by atoms with Crippen molar-refractivity contribution in [2.45, 2.75) is 32.7 Å². The van der Waals surface area contributed by atoms with Crippen molar-refractivity contribution in [3.05, 3.63) is 33.7 Å². The number of rotatable bonds is 4. The SMILES string of the molecule is CNCC(C)Cn1c2c(ccc1=O)C(=O)CCC2. The Morgan fingerprint density at radius 2 is 2.11 bits per heavy atom. The summed E-state index contributed by atoms with van der Waals surface area (Å²) in [7, 11) is 1.91. The van der Waals surface area contributed by atoms with Crippen molar-refractivity contribution in [2.24, 2.45) is 5.92 Å². The molecule has 1 atom stereocenters. The Labute approximate surface area is 107 Å². The van der Waals surface area contributed by atoms with E-state index in [0.29, 0.717) is 18.9 Å². The molecular weight excluding hydrogens is 228 g/mol. The standard InChI is InChI=1S/C14H20N2O2/c1-10(8-15-2)9-16-12-4-3-5-13(17)11(12)6-7-14(16)18/h6-7,10,15H,3-5,8-9H2,1-2H3. The second kappa shape index (κ2) is 5.48. The van der Waals surface area contributed by atoms with Crippen LogP contribution in [0.5, 0.6) is 0 Å². The first-order valence-electron chi connectivity index (χ1n) is 6.54. The molecule has 0 bridgehead atoms. The fraction of sp³-hybridized carbons (Fsp3) is 0.571. The van der Waals surface area contributed by atoms with Crippen LogP contribution in [0.15, 0.2) is 16.9 Å². The first-order valence-corrected chi connectivity index (χ1v) is 6.54. The molecular formula is C14H20N2O2. The quantitative estimate of drug-likeness (QED) is 0.871. The molecule has 0 saturated carbocycles. The van der Waals surface area contributed by atoms with E-state index in [4.69, 9.17) is 0 Å². The largest absolute Gasteiger partial charge is 0.319 e. The normalized spacial score (nSPS) is 16.4. The Balaban J connectivity index is 2.37. The van der Waals surface area contributed by atoms with Gasteiger partial charge in [0.1, 0.15) is 0 Å². The summed E-state index contributed by atoms with van der Waals surface area (Å²) in [6.45, 7) is 3.65. The number of nitrogens with one attached hydrogen (secondary N) is 1. The van der Waals surface area contributed by atoms with Gasteiger partial charge in [0.15, 0.2) is 5.78 Å². The van der Waals surface area contributed by atoms with Crippen molar-refractivity contribution in [1.82, 2.24) is 9.88 Å². The average molecular weight is 248 g/mol. The van der Waals surface area contributed by atoms with Crippen LogP contribution >= 0.6 is 0 Å². The first kappa shape index (κ1) is 13.0. The molecule has 0 amide bonds. The second-order valence-corrected chi connectivity index (χ2v) is 5.08. The minimum Gasteiger partial charge on any atom is -0.319 e. The third kappa shape index (κ3) is 2.53. The molecule has 0 aliphatic heterocycles. The minimum atomic E-state index is 0.00593. The highest BCUT2D eigenvalue weighted by Gasteiger charge is 2.21. The van der Waals surface area contributed by atoms with E-state index < -0.39 is 0 Å². The molecule has 2 rings (SSSR count). The van der Waals surface area contributed by atoms with E-state index in [-0.39, 0.29) is 11.3 Å². The maximum Gasteiger partial charge on any atom is 0.250 e. The smallest absolute Gasteiger partial charge is 0.250 e. The molecule has 1 N–H and O–H groups in total. The van der Waals surface area contributed by atoms with Gasteiger partial charge in [-0.3, -0.25) is 9.59 Å². The molecule has 1 aromatic rings. The van der Waals surface area contributed by atoms with Gasteiger partial charge in [0.25, 0.3) is 5.56 Å². The highest BCUT2D eigenvalue weighted by atomic mass is 16.1. The van der Waals surface area contributed by atoms with E-state index >= 15 is 0 Å². The van der Waals surface area contributed by atoms with E-state index in [1.54, 1.807) is 10.6 Å². The van der Waals surface area contributed by atoms with Crippen molar-refractivity contribution < 1.29 is 4.79 Å². The van der Waals surface area contributed by atoms with Gasteiger partial charge in [-0.05, 0) is 38.4 Å². The van der Waals surface area contributed by atoms with Gasteiger partial charge in [0, 0.05) is 30.3 Å². The fourth-order valence-electron chi connectivity index (χ4n) is 2.62. The number of carbonyl (C=O) groups is 1. The van der Waals surface area contributed by atoms with Crippen molar-refractivity contribution in [1.29, 1.82) is 0 Å². The van der Waals surface area contributed by atoms with Crippen molar-refractivity contribution in [3.63, 3.8) is 0 Å². The molecule has 1 aliphatic carbocycles. The molecule has 4 nitrogen and oxygen atoms in total. The third-order valence-corrected chi connectivity index (χ3v) is 3.46. The summed E-state index contributed by atoms with van der Waals surface area (Å²) in [5.41, 5.74) is 1.69. The van der Waals surface area contributed by atoms with Crippen LogP contribution in [-0.4, -0.2) is 23.9 Å². The summed E-state index contributed by atoms with van der Waals surface area (Å²) < 4.78 is 1.79. The van der Waals surface area contributed by atoms with Crippen LogP contribution in [-0.2, 0) is 13.0 Å². The summed E-state index contributed by atoms with van der Waals surface area (Å²) in [4.78, 5) is 23.8. The van der Waals surface area contributed by atoms with Crippen LogP contribution < -0.4 is 10.9 Å². The molecule has 0 spiro atoms. The van der Waals surface area contributed by atoms with Gasteiger partial charge in [-0.1, -0.05) is 6.92 Å². The van der Waals surface area contributed by atoms with Gasteiger partial charge in [0.2, 0.25) is 0 Å². The van der Waals surface area contributed by atoms with Crippen LogP contribution in [0.25, 0.3) is 0 Å². The number of carbonyl (C=O) groups excluding carboxylic acids is 1. The minimum absolute atomic E-state index is 0.00593. The number of Topliss-reactive ketones (excluding diaryl/α,β-unsaturated/α-hetero) is 1. The zero-order valence-corrected chi connectivity index (χ0v) is 11.0. The summed E-state index contributed by atoms with van der Waals surface area (Å²) >= 11 is 0. The highest BCUT2D eigenvalue weighted by Crippen LogP contribution is 2.20. The molecule has 1 aliphatic rings. The van der Waals surface area contributed by atoms with E-state index in [1.807, 2.05) is 7.05 Å². The van der Waals surface area contributed by atoms with Gasteiger partial charge in [-0.25, -0.2) is 0 Å². The molecule has 0 saturated heterocycles. The lowest BCUT2D eigenvalue weighted by Gasteiger charge is -2.22. The second-order valence-electron chi connectivity index (χ2n) is 5.08. The lowest BCUT2D eigenvalue weighted by atomic mass is 9.94. The van der Waals surface area contributed by atoms with Crippen LogP contribution in [0.1, 0.15) is 35.8 Å². The number of ketones is 1. The van der Waals surface area contributed by atoms with E-state index in [9.17, 15) is 9.59 Å². The number of hydrogen-bond acceptors (Lipinski definition) is 3. The van der Waals surface area contributed by atoms with E-state index in [2.05, 4.69) is 12.2 Å². The Hall–Kier alpha value is -1.42. The molecule has 0 aromatic carbocycles. The number of nitrogens with zero attached hydrogens (tertiary/aromatic N) is 1. The third-order valence-electron chi connectivity index (χ3n) is 3.46. The molecule has 4 heteroatoms. The van der Waals surface area contributed by atoms with Crippen LogP contribution in [0.4, 0.5) is 0 Å². The monoisotopic (exact) mass is 248 g/mol. The van der Waals surface area contributed by atoms with Gasteiger partial charge >= 0.3 is 0 Å². The first-order chi connectivity index (χ1) is 8.63. The Bertz CT molecular complexity index is 505. The topological polar surface area (TPSA) is 51.1 Å². The van der Waals surface area contributed by atoms with Crippen LogP contribution in [0.3, 0.4) is 0 Å². The van der Waals surface area contributed by atoms with E-state index in [1.165, 1.54) is 6.07 Å². The molecule has 18 heavy (non-hydrogen) atoms. The number of hydrogen-bond donors (Lipinski definition) is 1.